The Bertz CT molecular complexity index is 369. The van der Waals surface area contributed by atoms with Crippen molar-refractivity contribution in [3.05, 3.63) is 41.0 Å². The van der Waals surface area contributed by atoms with Gasteiger partial charge in [0.05, 0.1) is 0 Å². The number of carbonyl (C=O) groups excluding carboxylic acids is 1. The molecule has 80 valence electrons. The fraction of sp³-hybridized carbons (Fsp3) is 0.357. The normalized spacial score (nSPS) is 11.9. The van der Waals surface area contributed by atoms with Crippen molar-refractivity contribution in [2.45, 2.75) is 33.6 Å². The van der Waals surface area contributed by atoms with Crippen LogP contribution in [0.15, 0.2) is 29.8 Å². The minimum Gasteiger partial charge on any atom is -0.295 e. The Labute approximate surface area is 91.8 Å². The van der Waals surface area contributed by atoms with Crippen LogP contribution in [0.3, 0.4) is 0 Å². The second-order valence-corrected chi connectivity index (χ2v) is 4.20. The molecule has 0 aromatic heterocycles. The maximum absolute atomic E-state index is 11.1. The lowest BCUT2D eigenvalue weighted by molar-refractivity contribution is -0.113. The molecule has 1 nitrogen and oxygen atoms in total. The Hall–Kier alpha value is -1.37. The van der Waals surface area contributed by atoms with Crippen LogP contribution < -0.4 is 0 Å². The lowest BCUT2D eigenvalue weighted by atomic mass is 10.0. The first-order valence-corrected chi connectivity index (χ1v) is 5.30. The van der Waals surface area contributed by atoms with E-state index in [4.69, 9.17) is 0 Å². The third-order valence-electron chi connectivity index (χ3n) is 2.54. The zero-order valence-corrected chi connectivity index (χ0v) is 9.87. The van der Waals surface area contributed by atoms with E-state index in [1.165, 1.54) is 5.56 Å². The van der Waals surface area contributed by atoms with E-state index >= 15 is 0 Å². The summed E-state index contributed by atoms with van der Waals surface area (Å²) in [6.07, 6.45) is 1.92. The van der Waals surface area contributed by atoms with Crippen LogP contribution in [-0.4, -0.2) is 5.78 Å². The molecule has 15 heavy (non-hydrogen) atoms. The first-order valence-electron chi connectivity index (χ1n) is 5.30. The number of hydrogen-bond donors (Lipinski definition) is 0. The molecule has 0 radical (unpaired) electrons. The van der Waals surface area contributed by atoms with Gasteiger partial charge in [0.2, 0.25) is 0 Å². The SMILES string of the molecule is CC(=O)/C(C)=C/c1ccc(C(C)C)cc1. The summed E-state index contributed by atoms with van der Waals surface area (Å²) in [5.74, 6) is 0.680. The summed E-state index contributed by atoms with van der Waals surface area (Å²) >= 11 is 0. The van der Waals surface area contributed by atoms with Gasteiger partial charge in [-0.1, -0.05) is 38.1 Å². The lowest BCUT2D eigenvalue weighted by Crippen LogP contribution is -1.91. The Morgan fingerprint density at radius 2 is 1.67 bits per heavy atom. The predicted octanol–water partition coefficient (Wildman–Crippen LogP) is 3.80. The molecular formula is C14H18O. The fourth-order valence-corrected chi connectivity index (χ4v) is 1.33. The molecule has 1 rings (SSSR count). The van der Waals surface area contributed by atoms with Gasteiger partial charge < -0.3 is 0 Å². The molecule has 0 aliphatic rings. The van der Waals surface area contributed by atoms with Crippen LogP contribution in [0.1, 0.15) is 44.7 Å². The van der Waals surface area contributed by atoms with Crippen LogP contribution in [0.25, 0.3) is 6.08 Å². The number of carbonyl (C=O) groups is 1. The Kier molecular flexibility index (Phi) is 3.84. The average Bonchev–Trinajstić information content (AvgIpc) is 2.18. The van der Waals surface area contributed by atoms with Gasteiger partial charge in [-0.3, -0.25) is 4.79 Å². The van der Waals surface area contributed by atoms with Crippen molar-refractivity contribution in [3.63, 3.8) is 0 Å². The molecular weight excluding hydrogens is 184 g/mol. The Balaban J connectivity index is 2.90. The number of benzene rings is 1. The molecule has 0 saturated heterocycles. The van der Waals surface area contributed by atoms with E-state index in [2.05, 4.69) is 38.1 Å². The highest BCUT2D eigenvalue weighted by atomic mass is 16.1. The smallest absolute Gasteiger partial charge is 0.155 e. The second-order valence-electron chi connectivity index (χ2n) is 4.20. The standard InChI is InChI=1S/C14H18O/c1-10(2)14-7-5-13(6-8-14)9-11(3)12(4)15/h5-10H,1-4H3/b11-9+. The molecule has 0 bridgehead atoms. The van der Waals surface area contributed by atoms with Crippen molar-refractivity contribution < 1.29 is 4.79 Å². The highest BCUT2D eigenvalue weighted by Gasteiger charge is 1.99. The molecule has 0 aliphatic heterocycles. The number of ketones is 1. The molecule has 1 heteroatoms. The number of hydrogen-bond acceptors (Lipinski definition) is 1. The van der Waals surface area contributed by atoms with Gasteiger partial charge in [0.25, 0.3) is 0 Å². The number of allylic oxidation sites excluding steroid dienone is 1. The zero-order valence-electron chi connectivity index (χ0n) is 9.87. The van der Waals surface area contributed by atoms with Crippen LogP contribution >= 0.6 is 0 Å². The summed E-state index contributed by atoms with van der Waals surface area (Å²) in [6, 6.07) is 8.34. The van der Waals surface area contributed by atoms with E-state index in [1.54, 1.807) is 6.92 Å². The second kappa shape index (κ2) is 4.92. The van der Waals surface area contributed by atoms with Gasteiger partial charge in [0.15, 0.2) is 5.78 Å². The molecule has 0 fully saturated rings. The van der Waals surface area contributed by atoms with E-state index in [0.29, 0.717) is 5.92 Å². The summed E-state index contributed by atoms with van der Waals surface area (Å²) in [7, 11) is 0. The van der Waals surface area contributed by atoms with Gasteiger partial charge in [-0.15, -0.1) is 0 Å². The molecule has 0 spiro atoms. The summed E-state index contributed by atoms with van der Waals surface area (Å²) < 4.78 is 0. The van der Waals surface area contributed by atoms with E-state index in [1.807, 2.05) is 13.0 Å². The van der Waals surface area contributed by atoms with Gasteiger partial charge in [0.1, 0.15) is 0 Å². The fourth-order valence-electron chi connectivity index (χ4n) is 1.33. The van der Waals surface area contributed by atoms with Crippen LogP contribution in [0.4, 0.5) is 0 Å². The molecule has 0 amide bonds. The van der Waals surface area contributed by atoms with E-state index in [9.17, 15) is 4.79 Å². The van der Waals surface area contributed by atoms with Crippen LogP contribution in [0.5, 0.6) is 0 Å². The first kappa shape index (κ1) is 11.7. The van der Waals surface area contributed by atoms with E-state index in [0.717, 1.165) is 11.1 Å². The van der Waals surface area contributed by atoms with Crippen molar-refractivity contribution in [2.75, 3.05) is 0 Å². The molecule has 0 unspecified atom stereocenters. The molecule has 0 aliphatic carbocycles. The van der Waals surface area contributed by atoms with E-state index < -0.39 is 0 Å². The quantitative estimate of drug-likeness (QED) is 0.681. The maximum Gasteiger partial charge on any atom is 0.155 e. The third-order valence-corrected chi connectivity index (χ3v) is 2.54. The third kappa shape index (κ3) is 3.35. The summed E-state index contributed by atoms with van der Waals surface area (Å²) in [4.78, 5) is 11.1. The van der Waals surface area contributed by atoms with Gasteiger partial charge in [-0.05, 0) is 42.5 Å². The van der Waals surface area contributed by atoms with Gasteiger partial charge in [-0.2, -0.15) is 0 Å². The van der Waals surface area contributed by atoms with Crippen LogP contribution in [-0.2, 0) is 4.79 Å². The molecule has 0 atom stereocenters. The first-order chi connectivity index (χ1) is 7.00. The molecule has 1 aromatic rings. The monoisotopic (exact) mass is 202 g/mol. The van der Waals surface area contributed by atoms with Crippen LogP contribution in [0, 0.1) is 0 Å². The van der Waals surface area contributed by atoms with E-state index in [-0.39, 0.29) is 5.78 Å². The average molecular weight is 202 g/mol. The number of Topliss-reactive ketones (excluding diaryl/α,β-unsaturated/α-hetero) is 1. The molecule has 1 aromatic carbocycles. The highest BCUT2D eigenvalue weighted by molar-refractivity contribution is 5.97. The minimum atomic E-state index is 0.128. The highest BCUT2D eigenvalue weighted by Crippen LogP contribution is 2.16. The van der Waals surface area contributed by atoms with Gasteiger partial charge >= 0.3 is 0 Å². The predicted molar refractivity (Wildman–Crippen MR) is 64.9 cm³/mol. The summed E-state index contributed by atoms with van der Waals surface area (Å²) in [5.41, 5.74) is 3.21. The van der Waals surface area contributed by atoms with Crippen molar-refractivity contribution >= 4 is 11.9 Å². The van der Waals surface area contributed by atoms with Gasteiger partial charge in [-0.25, -0.2) is 0 Å². The maximum atomic E-state index is 11.1. The Morgan fingerprint density at radius 3 is 2.07 bits per heavy atom. The van der Waals surface area contributed by atoms with Crippen molar-refractivity contribution in [3.8, 4) is 0 Å². The lowest BCUT2D eigenvalue weighted by Gasteiger charge is -2.05. The van der Waals surface area contributed by atoms with Gasteiger partial charge in [0, 0.05) is 0 Å². The molecule has 0 heterocycles. The summed E-state index contributed by atoms with van der Waals surface area (Å²) in [6.45, 7) is 7.78. The molecule has 0 saturated carbocycles. The Morgan fingerprint density at radius 1 is 1.13 bits per heavy atom. The number of rotatable bonds is 3. The summed E-state index contributed by atoms with van der Waals surface area (Å²) in [5, 5.41) is 0. The largest absolute Gasteiger partial charge is 0.295 e. The van der Waals surface area contributed by atoms with Crippen molar-refractivity contribution in [1.29, 1.82) is 0 Å². The van der Waals surface area contributed by atoms with Crippen LogP contribution in [0.2, 0.25) is 0 Å². The van der Waals surface area contributed by atoms with Crippen molar-refractivity contribution in [1.82, 2.24) is 0 Å². The van der Waals surface area contributed by atoms with Crippen molar-refractivity contribution in [2.24, 2.45) is 0 Å². The molecule has 0 N–H and O–H groups in total. The minimum absolute atomic E-state index is 0.128. The topological polar surface area (TPSA) is 17.1 Å². The zero-order chi connectivity index (χ0) is 11.4.